The van der Waals surface area contributed by atoms with Crippen molar-refractivity contribution >= 4 is 5.97 Å². The normalized spacial score (nSPS) is 16.9. The molecule has 1 saturated carbocycles. The van der Waals surface area contributed by atoms with Gasteiger partial charge >= 0.3 is 5.97 Å². The molecule has 0 radical (unpaired) electrons. The van der Waals surface area contributed by atoms with E-state index in [0.29, 0.717) is 12.8 Å². The molecule has 1 aliphatic rings. The molecule has 1 aliphatic carbocycles. The smallest absolute Gasteiger partial charge is 0.312 e. The van der Waals surface area contributed by atoms with Gasteiger partial charge in [0.25, 0.3) is 5.92 Å². The third-order valence-corrected chi connectivity index (χ3v) is 3.83. The Labute approximate surface area is 118 Å². The van der Waals surface area contributed by atoms with E-state index < -0.39 is 24.2 Å². The van der Waals surface area contributed by atoms with Gasteiger partial charge in [0.1, 0.15) is 13.0 Å². The van der Waals surface area contributed by atoms with E-state index in [0.717, 1.165) is 24.8 Å². The minimum atomic E-state index is -2.94. The largest absolute Gasteiger partial charge is 0.461 e. The Balaban J connectivity index is 1.80. The molecule has 110 valence electrons. The van der Waals surface area contributed by atoms with Crippen molar-refractivity contribution in [2.45, 2.75) is 51.1 Å². The van der Waals surface area contributed by atoms with Crippen LogP contribution in [0.25, 0.3) is 0 Å². The van der Waals surface area contributed by atoms with Crippen LogP contribution in [0.3, 0.4) is 0 Å². The fourth-order valence-electron chi connectivity index (χ4n) is 2.65. The molecule has 0 bridgehead atoms. The van der Waals surface area contributed by atoms with Crippen molar-refractivity contribution in [1.29, 1.82) is 0 Å². The predicted molar refractivity (Wildman–Crippen MR) is 72.4 cm³/mol. The molecule has 0 spiro atoms. The predicted octanol–water partition coefficient (Wildman–Crippen LogP) is 4.34. The lowest BCUT2D eigenvalue weighted by molar-refractivity contribution is -0.158. The highest BCUT2D eigenvalue weighted by molar-refractivity contribution is 5.70. The van der Waals surface area contributed by atoms with E-state index in [1.807, 2.05) is 18.2 Å². The Bertz CT molecular complexity index is 425. The van der Waals surface area contributed by atoms with Crippen LogP contribution in [0.4, 0.5) is 8.78 Å². The monoisotopic (exact) mass is 282 g/mol. The van der Waals surface area contributed by atoms with Crippen molar-refractivity contribution in [2.24, 2.45) is 5.92 Å². The SMILES string of the molecule is O=C(CC(F)(F)C1CCCCC1)OCc1ccccc1. The fourth-order valence-corrected chi connectivity index (χ4v) is 2.65. The van der Waals surface area contributed by atoms with Gasteiger partial charge in [-0.15, -0.1) is 0 Å². The van der Waals surface area contributed by atoms with Crippen LogP contribution in [0, 0.1) is 5.92 Å². The molecule has 0 aromatic heterocycles. The van der Waals surface area contributed by atoms with E-state index in [2.05, 4.69) is 0 Å². The molecule has 0 saturated heterocycles. The highest BCUT2D eigenvalue weighted by Crippen LogP contribution is 2.38. The summed E-state index contributed by atoms with van der Waals surface area (Å²) in [5.74, 6) is -4.42. The first-order chi connectivity index (χ1) is 9.58. The third kappa shape index (κ3) is 4.29. The first-order valence-corrected chi connectivity index (χ1v) is 7.15. The van der Waals surface area contributed by atoms with Crippen LogP contribution in [0.5, 0.6) is 0 Å². The lowest BCUT2D eigenvalue weighted by atomic mass is 9.83. The van der Waals surface area contributed by atoms with E-state index in [4.69, 9.17) is 4.74 Å². The van der Waals surface area contributed by atoms with Crippen molar-refractivity contribution in [1.82, 2.24) is 0 Å². The lowest BCUT2D eigenvalue weighted by Gasteiger charge is -2.29. The Morgan fingerprint density at radius 3 is 2.45 bits per heavy atom. The number of esters is 1. The zero-order chi connectivity index (χ0) is 14.4. The van der Waals surface area contributed by atoms with Gasteiger partial charge in [-0.25, -0.2) is 8.78 Å². The average molecular weight is 282 g/mol. The highest BCUT2D eigenvalue weighted by Gasteiger charge is 2.42. The second-order valence-electron chi connectivity index (χ2n) is 5.42. The number of hydrogen-bond donors (Lipinski definition) is 0. The summed E-state index contributed by atoms with van der Waals surface area (Å²) in [5, 5.41) is 0. The molecule has 4 heteroatoms. The number of hydrogen-bond acceptors (Lipinski definition) is 2. The molecular formula is C16H20F2O2. The van der Waals surface area contributed by atoms with Gasteiger partial charge in [0, 0.05) is 5.92 Å². The summed E-state index contributed by atoms with van der Waals surface area (Å²) in [5.41, 5.74) is 0.807. The summed E-state index contributed by atoms with van der Waals surface area (Å²) in [6, 6.07) is 9.08. The quantitative estimate of drug-likeness (QED) is 0.751. The summed E-state index contributed by atoms with van der Waals surface area (Å²) in [4.78, 5) is 11.6. The molecule has 0 aliphatic heterocycles. The molecule has 1 fully saturated rings. The Hall–Kier alpha value is -1.45. The molecule has 2 rings (SSSR count). The maximum atomic E-state index is 14.0. The molecule has 0 atom stereocenters. The van der Waals surface area contributed by atoms with Crippen molar-refractivity contribution < 1.29 is 18.3 Å². The van der Waals surface area contributed by atoms with Gasteiger partial charge in [-0.05, 0) is 18.4 Å². The minimum Gasteiger partial charge on any atom is -0.461 e. The second-order valence-corrected chi connectivity index (χ2v) is 5.42. The molecule has 20 heavy (non-hydrogen) atoms. The number of alkyl halides is 2. The standard InChI is InChI=1S/C16H20F2O2/c17-16(18,14-9-5-2-6-10-14)11-15(19)20-12-13-7-3-1-4-8-13/h1,3-4,7-8,14H,2,5-6,9-12H2. The van der Waals surface area contributed by atoms with Crippen molar-refractivity contribution in [3.63, 3.8) is 0 Å². The van der Waals surface area contributed by atoms with Gasteiger partial charge < -0.3 is 4.74 Å². The van der Waals surface area contributed by atoms with E-state index in [1.165, 1.54) is 0 Å². The van der Waals surface area contributed by atoms with Gasteiger partial charge in [0.15, 0.2) is 0 Å². The van der Waals surface area contributed by atoms with Crippen LogP contribution in [0.1, 0.15) is 44.1 Å². The van der Waals surface area contributed by atoms with Gasteiger partial charge in [0.05, 0.1) is 0 Å². The molecule has 1 aromatic carbocycles. The lowest BCUT2D eigenvalue weighted by Crippen LogP contribution is -2.33. The minimum absolute atomic E-state index is 0.0560. The van der Waals surface area contributed by atoms with Crippen molar-refractivity contribution in [2.75, 3.05) is 0 Å². The zero-order valence-electron chi connectivity index (χ0n) is 11.5. The van der Waals surface area contributed by atoms with Gasteiger partial charge in [0.2, 0.25) is 0 Å². The topological polar surface area (TPSA) is 26.3 Å². The number of benzene rings is 1. The fraction of sp³-hybridized carbons (Fsp3) is 0.562. The van der Waals surface area contributed by atoms with E-state index in [-0.39, 0.29) is 6.61 Å². The molecule has 0 N–H and O–H groups in total. The van der Waals surface area contributed by atoms with Crippen molar-refractivity contribution in [3.05, 3.63) is 35.9 Å². The Morgan fingerprint density at radius 1 is 1.15 bits per heavy atom. The molecule has 1 aromatic rings. The van der Waals surface area contributed by atoms with Gasteiger partial charge in [-0.3, -0.25) is 4.79 Å². The van der Waals surface area contributed by atoms with E-state index >= 15 is 0 Å². The molecule has 0 amide bonds. The molecule has 0 unspecified atom stereocenters. The number of carbonyl (C=O) groups is 1. The first kappa shape index (κ1) is 14.9. The van der Waals surface area contributed by atoms with Crippen LogP contribution < -0.4 is 0 Å². The summed E-state index contributed by atoms with van der Waals surface area (Å²) < 4.78 is 32.9. The number of ether oxygens (including phenoxy) is 1. The maximum Gasteiger partial charge on any atom is 0.312 e. The number of rotatable bonds is 5. The van der Waals surface area contributed by atoms with Crippen LogP contribution in [0.2, 0.25) is 0 Å². The summed E-state index contributed by atoms with van der Waals surface area (Å²) in [6.07, 6.45) is 2.91. The average Bonchev–Trinajstić information content (AvgIpc) is 2.47. The zero-order valence-corrected chi connectivity index (χ0v) is 11.5. The van der Waals surface area contributed by atoms with Gasteiger partial charge in [-0.1, -0.05) is 49.6 Å². The third-order valence-electron chi connectivity index (χ3n) is 3.83. The Kier molecular flexibility index (Phi) is 5.10. The van der Waals surface area contributed by atoms with Crippen LogP contribution >= 0.6 is 0 Å². The second kappa shape index (κ2) is 6.82. The van der Waals surface area contributed by atoms with E-state index in [9.17, 15) is 13.6 Å². The molecular weight excluding hydrogens is 262 g/mol. The van der Waals surface area contributed by atoms with Gasteiger partial charge in [-0.2, -0.15) is 0 Å². The van der Waals surface area contributed by atoms with Crippen LogP contribution in [0.15, 0.2) is 30.3 Å². The Morgan fingerprint density at radius 2 is 1.80 bits per heavy atom. The maximum absolute atomic E-state index is 14.0. The van der Waals surface area contributed by atoms with Crippen LogP contribution in [-0.4, -0.2) is 11.9 Å². The highest BCUT2D eigenvalue weighted by atomic mass is 19.3. The summed E-state index contributed by atoms with van der Waals surface area (Å²) in [6.45, 7) is 0.0560. The molecule has 2 nitrogen and oxygen atoms in total. The summed E-state index contributed by atoms with van der Waals surface area (Å²) in [7, 11) is 0. The van der Waals surface area contributed by atoms with Crippen LogP contribution in [-0.2, 0) is 16.1 Å². The first-order valence-electron chi connectivity index (χ1n) is 7.15. The van der Waals surface area contributed by atoms with E-state index in [1.54, 1.807) is 12.1 Å². The molecule has 0 heterocycles. The number of halogens is 2. The number of carbonyl (C=O) groups excluding carboxylic acids is 1. The summed E-state index contributed by atoms with van der Waals surface area (Å²) >= 11 is 0. The van der Waals surface area contributed by atoms with Crippen molar-refractivity contribution in [3.8, 4) is 0 Å².